The zero-order valence-corrected chi connectivity index (χ0v) is 8.18. The van der Waals surface area contributed by atoms with Crippen molar-refractivity contribution in [3.63, 3.8) is 0 Å². The molecule has 0 saturated heterocycles. The lowest BCUT2D eigenvalue weighted by Crippen LogP contribution is -1.83. The minimum atomic E-state index is 0.989. The first-order valence-electron chi connectivity index (χ1n) is 3.10. The highest BCUT2D eigenvalue weighted by atomic mass is 127. The Labute approximate surface area is 75.1 Å². The second kappa shape index (κ2) is 3.23. The molecule has 1 nitrogen and oxygen atoms in total. The minimum absolute atomic E-state index is 0.989. The van der Waals surface area contributed by atoms with Gasteiger partial charge >= 0.3 is 0 Å². The first kappa shape index (κ1) is 7.85. The molecule has 10 heavy (non-hydrogen) atoms. The van der Waals surface area contributed by atoms with Crippen LogP contribution >= 0.6 is 23.0 Å². The van der Waals surface area contributed by atoms with Crippen molar-refractivity contribution in [1.82, 2.24) is 0 Å². The molecule has 0 spiro atoms. The van der Waals surface area contributed by atoms with Gasteiger partial charge in [-0.05, 0) is 25.0 Å². The van der Waals surface area contributed by atoms with Crippen LogP contribution in [0.1, 0.15) is 11.1 Å². The molecule has 2 heteroatoms. The molecule has 0 unspecified atom stereocenters. The van der Waals surface area contributed by atoms with E-state index < -0.39 is 0 Å². The zero-order chi connectivity index (χ0) is 7.56. The molecule has 0 amide bonds. The highest BCUT2D eigenvalue weighted by molar-refractivity contribution is 14.1. The molecule has 1 aromatic carbocycles. The van der Waals surface area contributed by atoms with E-state index >= 15 is 0 Å². The predicted molar refractivity (Wildman–Crippen MR) is 50.6 cm³/mol. The van der Waals surface area contributed by atoms with E-state index in [1.807, 2.05) is 55.1 Å². The van der Waals surface area contributed by atoms with Gasteiger partial charge in [0.15, 0.2) is 23.0 Å². The van der Waals surface area contributed by atoms with Crippen molar-refractivity contribution in [2.75, 3.05) is 0 Å². The van der Waals surface area contributed by atoms with E-state index in [1.54, 1.807) is 0 Å². The third-order valence-electron chi connectivity index (χ3n) is 1.49. The van der Waals surface area contributed by atoms with E-state index in [-0.39, 0.29) is 0 Å². The Morgan fingerprint density at radius 2 is 1.70 bits per heavy atom. The first-order valence-corrected chi connectivity index (χ1v) is 3.98. The fourth-order valence-electron chi connectivity index (χ4n) is 0.921. The van der Waals surface area contributed by atoms with E-state index in [2.05, 4.69) is 0 Å². The van der Waals surface area contributed by atoms with Gasteiger partial charge in [-0.1, -0.05) is 18.2 Å². The maximum atomic E-state index is 5.15. The molecule has 0 aliphatic heterocycles. The molecule has 0 radical (unpaired) electrons. The van der Waals surface area contributed by atoms with E-state index in [0.717, 1.165) is 5.75 Å². The van der Waals surface area contributed by atoms with Crippen molar-refractivity contribution >= 4 is 23.0 Å². The zero-order valence-electron chi connectivity index (χ0n) is 6.02. The van der Waals surface area contributed by atoms with Crippen molar-refractivity contribution in [2.45, 2.75) is 13.8 Å². The Bertz CT molecular complexity index is 212. The van der Waals surface area contributed by atoms with Crippen molar-refractivity contribution in [2.24, 2.45) is 0 Å². The van der Waals surface area contributed by atoms with Gasteiger partial charge < -0.3 is 3.07 Å². The quantitative estimate of drug-likeness (QED) is 0.694. The maximum Gasteiger partial charge on any atom is 0.192 e. The van der Waals surface area contributed by atoms with Gasteiger partial charge in [-0.15, -0.1) is 0 Å². The van der Waals surface area contributed by atoms with Gasteiger partial charge in [0.1, 0.15) is 5.75 Å². The molecule has 0 aromatic heterocycles. The van der Waals surface area contributed by atoms with Crippen LogP contribution in [0.15, 0.2) is 18.2 Å². The minimum Gasteiger partial charge on any atom is -0.427 e. The maximum absolute atomic E-state index is 5.15. The van der Waals surface area contributed by atoms with Gasteiger partial charge in [0, 0.05) is 0 Å². The van der Waals surface area contributed by atoms with Crippen LogP contribution in [0.4, 0.5) is 0 Å². The lowest BCUT2D eigenvalue weighted by Gasteiger charge is -2.03. The number of hydrogen-bond acceptors (Lipinski definition) is 1. The number of aryl methyl sites for hydroxylation is 2. The number of hydrogen-bond donors (Lipinski definition) is 0. The Hall–Kier alpha value is -0.250. The Kier molecular flexibility index (Phi) is 2.54. The van der Waals surface area contributed by atoms with E-state index in [9.17, 15) is 0 Å². The molecule has 0 bridgehead atoms. The third-order valence-corrected chi connectivity index (χ3v) is 1.93. The first-order chi connectivity index (χ1) is 4.75. The summed E-state index contributed by atoms with van der Waals surface area (Å²) in [5.41, 5.74) is 2.38. The molecule has 0 heterocycles. The lowest BCUT2D eigenvalue weighted by atomic mass is 10.1. The molecule has 0 fully saturated rings. The van der Waals surface area contributed by atoms with Crippen LogP contribution in [-0.4, -0.2) is 0 Å². The SMILES string of the molecule is Cc1cccc(C)c1OI. The molecule has 0 N–H and O–H groups in total. The van der Waals surface area contributed by atoms with Crippen LogP contribution in [0.5, 0.6) is 5.75 Å². The summed E-state index contributed by atoms with van der Waals surface area (Å²) in [5, 5.41) is 0. The summed E-state index contributed by atoms with van der Waals surface area (Å²) < 4.78 is 5.15. The van der Waals surface area contributed by atoms with Gasteiger partial charge in [0.25, 0.3) is 0 Å². The Morgan fingerprint density at radius 3 is 2.00 bits per heavy atom. The fourth-order valence-corrected chi connectivity index (χ4v) is 1.62. The van der Waals surface area contributed by atoms with E-state index in [0.29, 0.717) is 0 Å². The van der Waals surface area contributed by atoms with Crippen molar-refractivity contribution in [3.05, 3.63) is 29.3 Å². The lowest BCUT2D eigenvalue weighted by molar-refractivity contribution is 0.701. The number of halogens is 1. The standard InChI is InChI=1S/C8H9IO/c1-6-4-3-5-7(2)8(6)10-9/h3-5H,1-2H3. The molecule has 0 aliphatic carbocycles. The fraction of sp³-hybridized carbons (Fsp3) is 0.250. The highest BCUT2D eigenvalue weighted by Gasteiger charge is 1.99. The summed E-state index contributed by atoms with van der Waals surface area (Å²) in [6.07, 6.45) is 0. The van der Waals surface area contributed by atoms with Gasteiger partial charge in [0.2, 0.25) is 0 Å². The molecular formula is C8H9IO. The van der Waals surface area contributed by atoms with Crippen molar-refractivity contribution < 1.29 is 3.07 Å². The van der Waals surface area contributed by atoms with Gasteiger partial charge in [-0.2, -0.15) is 0 Å². The van der Waals surface area contributed by atoms with Crippen molar-refractivity contribution in [1.29, 1.82) is 0 Å². The number of rotatable bonds is 1. The molecule has 0 saturated carbocycles. The topological polar surface area (TPSA) is 9.23 Å². The van der Waals surface area contributed by atoms with E-state index in [4.69, 9.17) is 3.07 Å². The average Bonchev–Trinajstić information content (AvgIpc) is 1.88. The highest BCUT2D eigenvalue weighted by Crippen LogP contribution is 2.23. The largest absolute Gasteiger partial charge is 0.427 e. The monoisotopic (exact) mass is 248 g/mol. The molecule has 54 valence electrons. The van der Waals surface area contributed by atoms with Crippen LogP contribution < -0.4 is 3.07 Å². The molecule has 1 rings (SSSR count). The smallest absolute Gasteiger partial charge is 0.192 e. The normalized spacial score (nSPS) is 9.50. The average molecular weight is 248 g/mol. The predicted octanol–water partition coefficient (Wildman–Crippen LogP) is 3.03. The third kappa shape index (κ3) is 1.42. The van der Waals surface area contributed by atoms with E-state index in [1.165, 1.54) is 11.1 Å². The Balaban J connectivity index is 3.17. The van der Waals surface area contributed by atoms with Gasteiger partial charge in [-0.25, -0.2) is 0 Å². The number of benzene rings is 1. The summed E-state index contributed by atoms with van der Waals surface area (Å²) in [6, 6.07) is 6.12. The van der Waals surface area contributed by atoms with Crippen LogP contribution in [0.3, 0.4) is 0 Å². The Morgan fingerprint density at radius 1 is 1.20 bits per heavy atom. The molecular weight excluding hydrogens is 239 g/mol. The summed E-state index contributed by atoms with van der Waals surface area (Å²) >= 11 is 1.90. The second-order valence-corrected chi connectivity index (χ2v) is 2.74. The van der Waals surface area contributed by atoms with Crippen LogP contribution in [0.25, 0.3) is 0 Å². The summed E-state index contributed by atoms with van der Waals surface area (Å²) in [6.45, 7) is 4.09. The second-order valence-electron chi connectivity index (χ2n) is 2.30. The van der Waals surface area contributed by atoms with Crippen LogP contribution in [-0.2, 0) is 0 Å². The molecule has 1 aromatic rings. The summed E-state index contributed by atoms with van der Waals surface area (Å²) in [4.78, 5) is 0. The van der Waals surface area contributed by atoms with Crippen LogP contribution in [0.2, 0.25) is 0 Å². The number of para-hydroxylation sites is 1. The molecule has 0 aliphatic rings. The summed E-state index contributed by atoms with van der Waals surface area (Å²) in [5.74, 6) is 0.989. The summed E-state index contributed by atoms with van der Waals surface area (Å²) in [7, 11) is 0. The van der Waals surface area contributed by atoms with Crippen molar-refractivity contribution in [3.8, 4) is 5.75 Å². The van der Waals surface area contributed by atoms with Gasteiger partial charge in [0.05, 0.1) is 0 Å². The van der Waals surface area contributed by atoms with Crippen LogP contribution in [0, 0.1) is 13.8 Å². The molecule has 0 atom stereocenters. The van der Waals surface area contributed by atoms with Gasteiger partial charge in [-0.3, -0.25) is 0 Å².